The molecule has 0 spiro atoms. The number of thiazole rings is 1. The fourth-order valence-electron chi connectivity index (χ4n) is 2.65. The molecule has 9 heteroatoms. The van der Waals surface area contributed by atoms with Gasteiger partial charge in [0.05, 0.1) is 0 Å². The lowest BCUT2D eigenvalue weighted by molar-refractivity contribution is -0.137. The first-order valence-electron chi connectivity index (χ1n) is 7.94. The smallest absolute Gasteiger partial charge is 0.357 e. The summed E-state index contributed by atoms with van der Waals surface area (Å²) in [7, 11) is 0. The predicted octanol–water partition coefficient (Wildman–Crippen LogP) is 3.48. The van der Waals surface area contributed by atoms with Gasteiger partial charge < -0.3 is 10.2 Å². The van der Waals surface area contributed by atoms with E-state index >= 15 is 0 Å². The Morgan fingerprint density at radius 3 is 2.72 bits per heavy atom. The van der Waals surface area contributed by atoms with Crippen molar-refractivity contribution in [3.05, 3.63) is 40.0 Å². The Bertz CT molecular complexity index is 741. The number of hydrogen-bond donors (Lipinski definition) is 1. The van der Waals surface area contributed by atoms with Crippen molar-refractivity contribution in [2.24, 2.45) is 0 Å². The fourth-order valence-corrected chi connectivity index (χ4v) is 3.32. The molecule has 1 fully saturated rings. The lowest BCUT2D eigenvalue weighted by atomic mass is 10.1. The van der Waals surface area contributed by atoms with Crippen molar-refractivity contribution in [2.75, 3.05) is 18.0 Å². The van der Waals surface area contributed by atoms with E-state index < -0.39 is 17.1 Å². The maximum absolute atomic E-state index is 12.5. The van der Waals surface area contributed by atoms with Crippen LogP contribution in [0.25, 0.3) is 0 Å². The third-order valence-electron chi connectivity index (χ3n) is 3.92. The highest BCUT2D eigenvalue weighted by atomic mass is 32.1. The van der Waals surface area contributed by atoms with Gasteiger partial charge in [-0.25, -0.2) is 9.97 Å². The van der Waals surface area contributed by atoms with Crippen LogP contribution >= 0.6 is 11.3 Å². The summed E-state index contributed by atoms with van der Waals surface area (Å²) in [4.78, 5) is 21.9. The van der Waals surface area contributed by atoms with Crippen molar-refractivity contribution in [1.82, 2.24) is 15.3 Å². The molecule has 0 atom stereocenters. The quantitative estimate of drug-likeness (QED) is 0.895. The number of nitrogens with one attached hydrogen (secondary N) is 1. The molecular formula is C16H17F3N4OS. The lowest BCUT2D eigenvalue weighted by Gasteiger charge is -2.27. The van der Waals surface area contributed by atoms with Gasteiger partial charge in [0.25, 0.3) is 5.91 Å². The van der Waals surface area contributed by atoms with Crippen LogP contribution in [0, 0.1) is 0 Å². The Kier molecular flexibility index (Phi) is 5.22. The average molecular weight is 370 g/mol. The molecule has 0 aliphatic carbocycles. The SMILES string of the molecule is O=C(NCc1ccnc(N2CCCCC2)c1)c1csc(C(F)(F)F)n1. The van der Waals surface area contributed by atoms with Crippen LogP contribution in [0.3, 0.4) is 0 Å². The van der Waals surface area contributed by atoms with E-state index in [9.17, 15) is 18.0 Å². The number of aromatic nitrogens is 2. The number of rotatable bonds is 4. The molecule has 1 amide bonds. The summed E-state index contributed by atoms with van der Waals surface area (Å²) in [6, 6.07) is 3.67. The summed E-state index contributed by atoms with van der Waals surface area (Å²) in [6.45, 7) is 2.13. The molecule has 1 aliphatic heterocycles. The minimum Gasteiger partial charge on any atom is -0.357 e. The van der Waals surface area contributed by atoms with Gasteiger partial charge in [0, 0.05) is 31.2 Å². The fraction of sp³-hybridized carbons (Fsp3) is 0.438. The summed E-state index contributed by atoms with van der Waals surface area (Å²) in [6.07, 6.45) is 0.634. The van der Waals surface area contributed by atoms with Crippen LogP contribution in [-0.2, 0) is 12.7 Å². The van der Waals surface area contributed by atoms with Gasteiger partial charge in [0.2, 0.25) is 0 Å². The summed E-state index contributed by atoms with van der Waals surface area (Å²) in [5.74, 6) is 0.238. The van der Waals surface area contributed by atoms with E-state index in [1.165, 1.54) is 6.42 Å². The van der Waals surface area contributed by atoms with E-state index in [1.807, 2.05) is 6.07 Å². The number of anilines is 1. The minimum atomic E-state index is -4.53. The Balaban J connectivity index is 1.61. The van der Waals surface area contributed by atoms with Crippen molar-refractivity contribution < 1.29 is 18.0 Å². The number of nitrogens with zero attached hydrogens (tertiary/aromatic N) is 3. The highest BCUT2D eigenvalue weighted by Crippen LogP contribution is 2.31. The zero-order chi connectivity index (χ0) is 17.9. The monoisotopic (exact) mass is 370 g/mol. The Morgan fingerprint density at radius 2 is 2.04 bits per heavy atom. The van der Waals surface area contributed by atoms with Gasteiger partial charge in [-0.15, -0.1) is 11.3 Å². The molecule has 134 valence electrons. The largest absolute Gasteiger partial charge is 0.443 e. The molecule has 0 aromatic carbocycles. The van der Waals surface area contributed by atoms with E-state index in [4.69, 9.17) is 0 Å². The summed E-state index contributed by atoms with van der Waals surface area (Å²) >= 11 is 0.414. The average Bonchev–Trinajstić information content (AvgIpc) is 3.11. The van der Waals surface area contributed by atoms with Crippen LogP contribution in [0.2, 0.25) is 0 Å². The number of alkyl halides is 3. The van der Waals surface area contributed by atoms with E-state index in [0.717, 1.165) is 42.7 Å². The standard InChI is InChI=1S/C16H17F3N4OS/c17-16(18,19)15-22-12(10-25-15)14(24)21-9-11-4-5-20-13(8-11)23-6-2-1-3-7-23/h4-5,8,10H,1-3,6-7,9H2,(H,21,24). The number of hydrogen-bond acceptors (Lipinski definition) is 5. The molecule has 3 heterocycles. The van der Waals surface area contributed by atoms with E-state index in [2.05, 4.69) is 20.2 Å². The first-order valence-corrected chi connectivity index (χ1v) is 8.82. The van der Waals surface area contributed by atoms with Crippen LogP contribution in [-0.4, -0.2) is 29.0 Å². The topological polar surface area (TPSA) is 58.1 Å². The summed E-state index contributed by atoms with van der Waals surface area (Å²) in [5.41, 5.74) is 0.623. The molecule has 0 bridgehead atoms. The second kappa shape index (κ2) is 7.38. The molecule has 0 radical (unpaired) electrons. The first kappa shape index (κ1) is 17.7. The second-order valence-electron chi connectivity index (χ2n) is 5.79. The molecule has 1 N–H and O–H groups in total. The van der Waals surface area contributed by atoms with Gasteiger partial charge in [0.15, 0.2) is 5.01 Å². The number of piperidine rings is 1. The van der Waals surface area contributed by atoms with Crippen molar-refractivity contribution >= 4 is 23.1 Å². The lowest BCUT2D eigenvalue weighted by Crippen LogP contribution is -2.30. The van der Waals surface area contributed by atoms with E-state index in [1.54, 1.807) is 12.3 Å². The molecule has 1 saturated heterocycles. The molecule has 1 aliphatic rings. The van der Waals surface area contributed by atoms with Gasteiger partial charge in [-0.1, -0.05) is 0 Å². The molecular weight excluding hydrogens is 353 g/mol. The normalized spacial score (nSPS) is 15.2. The number of carbonyl (C=O) groups is 1. The maximum Gasteiger partial charge on any atom is 0.443 e. The minimum absolute atomic E-state index is 0.209. The van der Waals surface area contributed by atoms with Gasteiger partial charge in [0.1, 0.15) is 11.5 Å². The molecule has 0 unspecified atom stereocenters. The van der Waals surface area contributed by atoms with Crippen molar-refractivity contribution in [1.29, 1.82) is 0 Å². The highest BCUT2D eigenvalue weighted by molar-refractivity contribution is 7.09. The Morgan fingerprint density at radius 1 is 1.28 bits per heavy atom. The van der Waals surface area contributed by atoms with Crippen molar-refractivity contribution in [2.45, 2.75) is 32.0 Å². The van der Waals surface area contributed by atoms with Crippen molar-refractivity contribution in [3.63, 3.8) is 0 Å². The molecule has 2 aromatic heterocycles. The summed E-state index contributed by atoms with van der Waals surface area (Å²) in [5, 5.41) is 2.70. The van der Waals surface area contributed by atoms with Gasteiger partial charge in [-0.05, 0) is 37.0 Å². The predicted molar refractivity (Wildman–Crippen MR) is 88.6 cm³/mol. The van der Waals surface area contributed by atoms with Crippen LogP contribution in [0.4, 0.5) is 19.0 Å². The van der Waals surface area contributed by atoms with Crippen LogP contribution < -0.4 is 10.2 Å². The van der Waals surface area contributed by atoms with Crippen LogP contribution in [0.1, 0.15) is 40.3 Å². The highest BCUT2D eigenvalue weighted by Gasteiger charge is 2.35. The van der Waals surface area contributed by atoms with Gasteiger partial charge >= 0.3 is 6.18 Å². The first-order chi connectivity index (χ1) is 11.9. The summed E-state index contributed by atoms with van der Waals surface area (Å²) < 4.78 is 37.6. The second-order valence-corrected chi connectivity index (χ2v) is 6.65. The molecule has 25 heavy (non-hydrogen) atoms. The third kappa shape index (κ3) is 4.47. The zero-order valence-corrected chi connectivity index (χ0v) is 14.2. The number of carbonyl (C=O) groups excluding carboxylic acids is 1. The van der Waals surface area contributed by atoms with Crippen LogP contribution in [0.15, 0.2) is 23.7 Å². The van der Waals surface area contributed by atoms with E-state index in [-0.39, 0.29) is 12.2 Å². The number of halogens is 3. The van der Waals surface area contributed by atoms with Crippen molar-refractivity contribution in [3.8, 4) is 0 Å². The third-order valence-corrected chi connectivity index (χ3v) is 4.81. The molecule has 5 nitrogen and oxygen atoms in total. The van der Waals surface area contributed by atoms with Gasteiger partial charge in [-0.3, -0.25) is 4.79 Å². The molecule has 0 saturated carbocycles. The van der Waals surface area contributed by atoms with Gasteiger partial charge in [-0.2, -0.15) is 13.2 Å². The number of amides is 1. The number of pyridine rings is 1. The maximum atomic E-state index is 12.5. The molecule has 3 rings (SSSR count). The Hall–Kier alpha value is -2.16. The van der Waals surface area contributed by atoms with E-state index in [0.29, 0.717) is 11.3 Å². The Labute approximate surface area is 146 Å². The zero-order valence-electron chi connectivity index (χ0n) is 13.3. The molecule has 2 aromatic rings. The van der Waals surface area contributed by atoms with Crippen LogP contribution in [0.5, 0.6) is 0 Å².